The molecule has 0 radical (unpaired) electrons. The monoisotopic (exact) mass is 351 g/mol. The highest BCUT2D eigenvalue weighted by Gasteiger charge is 2.18. The predicted octanol–water partition coefficient (Wildman–Crippen LogP) is 0.639. The van der Waals surface area contributed by atoms with E-state index in [1.54, 1.807) is 19.1 Å². The molecule has 0 fully saturated rings. The molecule has 3 N–H and O–H groups in total. The van der Waals surface area contributed by atoms with Crippen LogP contribution in [0.2, 0.25) is 0 Å². The summed E-state index contributed by atoms with van der Waals surface area (Å²) in [6, 6.07) is 6.11. The lowest BCUT2D eigenvalue weighted by atomic mass is 10.1. The van der Waals surface area contributed by atoms with E-state index in [2.05, 4.69) is 15.5 Å². The van der Waals surface area contributed by atoms with Crippen molar-refractivity contribution in [1.82, 2.24) is 20.2 Å². The zero-order valence-corrected chi connectivity index (χ0v) is 14.1. The average molecular weight is 351 g/mol. The number of amides is 1. The Bertz CT molecular complexity index is 778. The van der Waals surface area contributed by atoms with Crippen LogP contribution in [0.4, 0.5) is 4.39 Å². The highest BCUT2D eigenvalue weighted by atomic mass is 32.2. The molecule has 0 aliphatic rings. The third-order valence-corrected chi connectivity index (χ3v) is 4.35. The van der Waals surface area contributed by atoms with Gasteiger partial charge in [-0.1, -0.05) is 23.9 Å². The van der Waals surface area contributed by atoms with E-state index in [9.17, 15) is 14.0 Å². The first kappa shape index (κ1) is 17.9. The summed E-state index contributed by atoms with van der Waals surface area (Å²) in [5.41, 5.74) is 0.673. The highest BCUT2D eigenvalue weighted by Crippen LogP contribution is 2.18. The van der Waals surface area contributed by atoms with Crippen molar-refractivity contribution in [3.63, 3.8) is 0 Å². The van der Waals surface area contributed by atoms with Gasteiger partial charge in [-0.2, -0.15) is 4.68 Å². The number of thioether (sulfide) groups is 1. The van der Waals surface area contributed by atoms with Crippen LogP contribution in [0.15, 0.2) is 34.2 Å². The molecule has 1 atom stereocenters. The molecule has 2 rings (SSSR count). The van der Waals surface area contributed by atoms with Gasteiger partial charge in [-0.3, -0.25) is 9.59 Å². The summed E-state index contributed by atoms with van der Waals surface area (Å²) in [7, 11) is 0. The molecule has 0 aliphatic carbocycles. The molecule has 1 aromatic carbocycles. The van der Waals surface area contributed by atoms with Gasteiger partial charge >= 0.3 is 0 Å². The first-order valence-electron chi connectivity index (χ1n) is 7.28. The van der Waals surface area contributed by atoms with Crippen LogP contribution in [0, 0.1) is 12.7 Å². The molecule has 1 heterocycles. The van der Waals surface area contributed by atoms with Gasteiger partial charge < -0.3 is 11.2 Å². The smallest absolute Gasteiger partial charge is 0.294 e. The van der Waals surface area contributed by atoms with Crippen molar-refractivity contribution in [3.8, 4) is 0 Å². The van der Waals surface area contributed by atoms with Crippen molar-refractivity contribution >= 4 is 17.7 Å². The molecule has 7 nitrogen and oxygen atoms in total. The molecule has 0 saturated heterocycles. The topological polar surface area (TPSA) is 103 Å². The zero-order valence-electron chi connectivity index (χ0n) is 13.3. The highest BCUT2D eigenvalue weighted by molar-refractivity contribution is 8.00. The van der Waals surface area contributed by atoms with E-state index in [0.29, 0.717) is 13.0 Å². The van der Waals surface area contributed by atoms with Gasteiger partial charge in [0.2, 0.25) is 11.1 Å². The van der Waals surface area contributed by atoms with Crippen LogP contribution in [0.1, 0.15) is 18.2 Å². The van der Waals surface area contributed by atoms with Crippen LogP contribution in [-0.4, -0.2) is 32.6 Å². The molecule has 1 amide bonds. The van der Waals surface area contributed by atoms with E-state index in [1.165, 1.54) is 19.1 Å². The predicted molar refractivity (Wildman–Crippen MR) is 89.6 cm³/mol. The molecule has 2 aromatic rings. The molecular formula is C15H18FN5O2S. The Morgan fingerprint density at radius 2 is 2.04 bits per heavy atom. The number of carbonyl (C=O) groups is 1. The van der Waals surface area contributed by atoms with Crippen molar-refractivity contribution < 1.29 is 9.18 Å². The van der Waals surface area contributed by atoms with Crippen LogP contribution in [0.25, 0.3) is 0 Å². The quantitative estimate of drug-likeness (QED) is 0.585. The number of hydrogen-bond donors (Lipinski definition) is 2. The summed E-state index contributed by atoms with van der Waals surface area (Å²) >= 11 is 1.05. The minimum absolute atomic E-state index is 0.173. The fourth-order valence-corrected chi connectivity index (χ4v) is 2.68. The number of carbonyl (C=O) groups excluding carboxylic acids is 1. The van der Waals surface area contributed by atoms with E-state index in [1.807, 2.05) is 0 Å². The summed E-state index contributed by atoms with van der Waals surface area (Å²) in [5, 5.41) is 10.0. The summed E-state index contributed by atoms with van der Waals surface area (Å²) in [6.45, 7) is 3.62. The van der Waals surface area contributed by atoms with E-state index < -0.39 is 10.8 Å². The van der Waals surface area contributed by atoms with E-state index in [-0.39, 0.29) is 22.6 Å². The summed E-state index contributed by atoms with van der Waals surface area (Å²) in [5.74, 6) is 5.14. The minimum atomic E-state index is -0.496. The maximum absolute atomic E-state index is 12.8. The molecule has 9 heteroatoms. The molecular weight excluding hydrogens is 333 g/mol. The third kappa shape index (κ3) is 4.54. The first-order valence-corrected chi connectivity index (χ1v) is 8.16. The van der Waals surface area contributed by atoms with Crippen LogP contribution >= 0.6 is 11.8 Å². The van der Waals surface area contributed by atoms with Gasteiger partial charge in [-0.15, -0.1) is 10.2 Å². The lowest BCUT2D eigenvalue weighted by Gasteiger charge is -2.12. The standard InChI is InChI=1S/C15H18FN5O2S/c1-9-14(23)21(17)15(20-19-9)24-10(2)13(22)18-8-7-11-3-5-12(16)6-4-11/h3-6,10H,7-8,17H2,1-2H3,(H,18,22)/t10-/m1/s1. The Hall–Kier alpha value is -2.42. The van der Waals surface area contributed by atoms with Gasteiger partial charge in [-0.25, -0.2) is 4.39 Å². The van der Waals surface area contributed by atoms with Gasteiger partial charge in [-0.05, 0) is 38.0 Å². The second kappa shape index (κ2) is 7.91. The Labute approximate surface area is 142 Å². The van der Waals surface area contributed by atoms with Gasteiger partial charge in [0, 0.05) is 6.54 Å². The lowest BCUT2D eigenvalue weighted by Crippen LogP contribution is -2.35. The number of rotatable bonds is 6. The molecule has 0 aliphatic heterocycles. The average Bonchev–Trinajstić information content (AvgIpc) is 2.57. The number of benzene rings is 1. The molecule has 0 spiro atoms. The van der Waals surface area contributed by atoms with Crippen LogP contribution in [0.3, 0.4) is 0 Å². The van der Waals surface area contributed by atoms with Crippen molar-refractivity contribution in [3.05, 3.63) is 51.7 Å². The molecule has 0 unspecified atom stereocenters. The summed E-state index contributed by atoms with van der Waals surface area (Å²) in [4.78, 5) is 23.8. The number of aryl methyl sites for hydroxylation is 1. The van der Waals surface area contributed by atoms with E-state index in [4.69, 9.17) is 5.84 Å². The Morgan fingerprint density at radius 1 is 1.38 bits per heavy atom. The molecule has 0 bridgehead atoms. The van der Waals surface area contributed by atoms with Crippen molar-refractivity contribution in [2.45, 2.75) is 30.7 Å². The summed E-state index contributed by atoms with van der Waals surface area (Å²) < 4.78 is 13.7. The molecule has 24 heavy (non-hydrogen) atoms. The fourth-order valence-electron chi connectivity index (χ4n) is 1.89. The Kier molecular flexibility index (Phi) is 5.91. The largest absolute Gasteiger partial charge is 0.355 e. The molecule has 1 aromatic heterocycles. The van der Waals surface area contributed by atoms with E-state index >= 15 is 0 Å². The number of nitrogens with one attached hydrogen (secondary N) is 1. The van der Waals surface area contributed by atoms with Gasteiger partial charge in [0.25, 0.3) is 5.56 Å². The third-order valence-electron chi connectivity index (χ3n) is 3.30. The lowest BCUT2D eigenvalue weighted by molar-refractivity contribution is -0.120. The van der Waals surface area contributed by atoms with Crippen LogP contribution < -0.4 is 16.7 Å². The maximum atomic E-state index is 12.8. The van der Waals surface area contributed by atoms with Crippen LogP contribution in [0.5, 0.6) is 0 Å². The molecule has 0 saturated carbocycles. The summed E-state index contributed by atoms with van der Waals surface area (Å²) in [6.07, 6.45) is 0.593. The number of halogens is 1. The van der Waals surface area contributed by atoms with Gasteiger partial charge in [0.15, 0.2) is 0 Å². The Balaban J connectivity index is 1.87. The number of aromatic nitrogens is 3. The SMILES string of the molecule is Cc1nnc(S[C@H](C)C(=O)NCCc2ccc(F)cc2)n(N)c1=O. The maximum Gasteiger partial charge on any atom is 0.294 e. The van der Waals surface area contributed by atoms with Crippen molar-refractivity contribution in [2.24, 2.45) is 0 Å². The normalized spacial score (nSPS) is 12.0. The second-order valence-corrected chi connectivity index (χ2v) is 6.48. The van der Waals surface area contributed by atoms with E-state index in [0.717, 1.165) is 22.0 Å². The number of nitrogens with two attached hydrogens (primary N) is 1. The minimum Gasteiger partial charge on any atom is -0.355 e. The van der Waals surface area contributed by atoms with Crippen molar-refractivity contribution in [1.29, 1.82) is 0 Å². The molecule has 128 valence electrons. The van der Waals surface area contributed by atoms with Crippen molar-refractivity contribution in [2.75, 3.05) is 12.4 Å². The van der Waals surface area contributed by atoms with Gasteiger partial charge in [0.1, 0.15) is 11.5 Å². The number of nitrogen functional groups attached to an aromatic ring is 1. The van der Waals surface area contributed by atoms with Gasteiger partial charge in [0.05, 0.1) is 5.25 Å². The number of nitrogens with zero attached hydrogens (tertiary/aromatic N) is 3. The number of hydrogen-bond acceptors (Lipinski definition) is 6. The zero-order chi connectivity index (χ0) is 17.7. The Morgan fingerprint density at radius 3 is 2.71 bits per heavy atom. The fraction of sp³-hybridized carbons (Fsp3) is 0.333. The second-order valence-electron chi connectivity index (χ2n) is 5.17. The van der Waals surface area contributed by atoms with Crippen LogP contribution in [-0.2, 0) is 11.2 Å². The first-order chi connectivity index (χ1) is 11.4.